The molecule has 0 aliphatic rings. The number of aliphatic hydroxyl groups is 1. The van der Waals surface area contributed by atoms with Gasteiger partial charge in [0, 0.05) is 25.3 Å². The number of amides is 3. The summed E-state index contributed by atoms with van der Waals surface area (Å²) in [6, 6.07) is 6.36. The molecule has 0 spiro atoms. The largest absolute Gasteiger partial charge is 0.396 e. The second-order valence-electron chi connectivity index (χ2n) is 5.74. The van der Waals surface area contributed by atoms with Crippen molar-refractivity contribution in [3.63, 3.8) is 0 Å². The first kappa shape index (κ1) is 17.0. The average Bonchev–Trinajstić information content (AvgIpc) is 2.43. The second-order valence-corrected chi connectivity index (χ2v) is 5.74. The van der Waals surface area contributed by atoms with Crippen LogP contribution in [0.5, 0.6) is 0 Å². The highest BCUT2D eigenvalue weighted by Crippen LogP contribution is 2.18. The summed E-state index contributed by atoms with van der Waals surface area (Å²) in [5.41, 5.74) is 6.27. The number of nitrogens with one attached hydrogen (secondary N) is 2. The maximum Gasteiger partial charge on any atom is 0.312 e. The number of benzene rings is 1. The van der Waals surface area contributed by atoms with E-state index in [4.69, 9.17) is 10.8 Å². The summed E-state index contributed by atoms with van der Waals surface area (Å²) < 4.78 is 0. The molecule has 0 radical (unpaired) electrons. The summed E-state index contributed by atoms with van der Waals surface area (Å²) in [6.45, 7) is 4.91. The van der Waals surface area contributed by atoms with Gasteiger partial charge in [0.25, 0.3) is 5.91 Å². The van der Waals surface area contributed by atoms with Gasteiger partial charge in [-0.1, -0.05) is 26.0 Å². The van der Waals surface area contributed by atoms with Crippen LogP contribution >= 0.6 is 0 Å². The molecule has 0 heterocycles. The average molecular weight is 293 g/mol. The lowest BCUT2D eigenvalue weighted by molar-refractivity contribution is 0.0928. The van der Waals surface area contributed by atoms with E-state index < -0.39 is 6.03 Å². The zero-order valence-electron chi connectivity index (χ0n) is 12.5. The molecule has 0 unspecified atom stereocenters. The van der Waals surface area contributed by atoms with E-state index in [0.29, 0.717) is 25.1 Å². The minimum atomic E-state index is -0.581. The Labute approximate surface area is 124 Å². The van der Waals surface area contributed by atoms with E-state index in [1.54, 1.807) is 24.3 Å². The summed E-state index contributed by atoms with van der Waals surface area (Å²) in [6.07, 6.45) is 0.630. The van der Waals surface area contributed by atoms with Gasteiger partial charge in [0.15, 0.2) is 0 Å². The molecule has 0 bridgehead atoms. The van der Waals surface area contributed by atoms with Crippen LogP contribution < -0.4 is 16.4 Å². The zero-order valence-corrected chi connectivity index (χ0v) is 12.5. The maximum atomic E-state index is 12.0. The number of urea groups is 1. The molecule has 0 atom stereocenters. The molecule has 0 aliphatic heterocycles. The molecular weight excluding hydrogens is 270 g/mol. The Morgan fingerprint density at radius 2 is 1.81 bits per heavy atom. The molecule has 21 heavy (non-hydrogen) atoms. The van der Waals surface area contributed by atoms with Gasteiger partial charge in [0.05, 0.1) is 0 Å². The van der Waals surface area contributed by atoms with Crippen LogP contribution in [0.15, 0.2) is 24.3 Å². The third-order valence-corrected chi connectivity index (χ3v) is 3.20. The van der Waals surface area contributed by atoms with Gasteiger partial charge >= 0.3 is 6.03 Å². The van der Waals surface area contributed by atoms with Gasteiger partial charge in [-0.15, -0.1) is 0 Å². The van der Waals surface area contributed by atoms with E-state index in [1.165, 1.54) is 0 Å². The molecule has 6 nitrogen and oxygen atoms in total. The Hall–Kier alpha value is -2.08. The van der Waals surface area contributed by atoms with Gasteiger partial charge in [-0.25, -0.2) is 4.79 Å². The molecule has 1 aromatic rings. The molecule has 0 aliphatic carbocycles. The Morgan fingerprint density at radius 3 is 2.33 bits per heavy atom. The summed E-state index contributed by atoms with van der Waals surface area (Å²) in [5, 5.41) is 14.3. The fourth-order valence-corrected chi connectivity index (χ4v) is 1.78. The van der Waals surface area contributed by atoms with Gasteiger partial charge in [-0.3, -0.25) is 4.79 Å². The molecule has 3 amide bonds. The van der Waals surface area contributed by atoms with Crippen molar-refractivity contribution in [2.45, 2.75) is 26.8 Å². The first-order valence-electron chi connectivity index (χ1n) is 6.85. The fraction of sp³-hybridized carbons (Fsp3) is 0.467. The van der Waals surface area contributed by atoms with Gasteiger partial charge in [-0.05, 0) is 29.5 Å². The Bertz CT molecular complexity index is 483. The molecule has 6 heteroatoms. The van der Waals surface area contributed by atoms with Crippen molar-refractivity contribution in [3.05, 3.63) is 35.4 Å². The van der Waals surface area contributed by atoms with E-state index >= 15 is 0 Å². The summed E-state index contributed by atoms with van der Waals surface area (Å²) in [5.74, 6) is -0.157. The third kappa shape index (κ3) is 6.27. The second kappa shape index (κ2) is 7.64. The molecule has 0 saturated carbocycles. The fourth-order valence-electron chi connectivity index (χ4n) is 1.78. The lowest BCUT2D eigenvalue weighted by atomic mass is 9.89. The number of carbonyl (C=O) groups excluding carboxylic acids is 2. The molecule has 116 valence electrons. The van der Waals surface area contributed by atoms with Gasteiger partial charge in [0.2, 0.25) is 0 Å². The van der Waals surface area contributed by atoms with E-state index in [1.807, 2.05) is 13.8 Å². The van der Waals surface area contributed by atoms with Crippen molar-refractivity contribution in [1.29, 1.82) is 0 Å². The van der Waals surface area contributed by atoms with Crippen molar-refractivity contribution in [2.24, 2.45) is 11.1 Å². The highest BCUT2D eigenvalue weighted by atomic mass is 16.3. The van der Waals surface area contributed by atoms with Crippen LogP contribution in [0.3, 0.4) is 0 Å². The number of hydrogen-bond donors (Lipinski definition) is 4. The SMILES string of the molecule is CC(C)(CCO)CNC(=O)c1ccc(CNC(N)=O)cc1. The smallest absolute Gasteiger partial charge is 0.312 e. The van der Waals surface area contributed by atoms with E-state index in [0.717, 1.165) is 5.56 Å². The van der Waals surface area contributed by atoms with Crippen LogP contribution in [-0.2, 0) is 6.54 Å². The van der Waals surface area contributed by atoms with Crippen LogP contribution in [-0.4, -0.2) is 30.2 Å². The van der Waals surface area contributed by atoms with E-state index in [9.17, 15) is 9.59 Å². The van der Waals surface area contributed by atoms with E-state index in [2.05, 4.69) is 10.6 Å². The number of nitrogens with two attached hydrogens (primary N) is 1. The summed E-state index contributed by atoms with van der Waals surface area (Å²) in [4.78, 5) is 22.6. The van der Waals surface area contributed by atoms with Crippen LogP contribution in [0.4, 0.5) is 4.79 Å². The number of hydrogen-bond acceptors (Lipinski definition) is 3. The standard InChI is InChI=1S/C15H23N3O3/c1-15(2,7-8-19)10-18-13(20)12-5-3-11(4-6-12)9-17-14(16)21/h3-6,19H,7-10H2,1-2H3,(H,18,20)(H3,16,17,21). The minimum absolute atomic E-state index is 0.102. The van der Waals surface area contributed by atoms with E-state index in [-0.39, 0.29) is 17.9 Å². The summed E-state index contributed by atoms with van der Waals surface area (Å²) >= 11 is 0. The van der Waals surface area contributed by atoms with Crippen LogP contribution in [0.2, 0.25) is 0 Å². The quantitative estimate of drug-likeness (QED) is 0.602. The molecular formula is C15H23N3O3. The Balaban J connectivity index is 2.53. The first-order valence-corrected chi connectivity index (χ1v) is 6.85. The topological polar surface area (TPSA) is 104 Å². The van der Waals surface area contributed by atoms with Crippen LogP contribution in [0.25, 0.3) is 0 Å². The molecule has 1 rings (SSSR count). The minimum Gasteiger partial charge on any atom is -0.396 e. The van der Waals surface area contributed by atoms with Crippen molar-refractivity contribution in [1.82, 2.24) is 10.6 Å². The molecule has 0 aromatic heterocycles. The maximum absolute atomic E-state index is 12.0. The molecule has 0 saturated heterocycles. The van der Waals surface area contributed by atoms with Crippen LogP contribution in [0.1, 0.15) is 36.2 Å². The Kier molecular flexibility index (Phi) is 6.17. The highest BCUT2D eigenvalue weighted by molar-refractivity contribution is 5.94. The number of rotatable bonds is 7. The van der Waals surface area contributed by atoms with Crippen molar-refractivity contribution >= 4 is 11.9 Å². The number of aliphatic hydroxyl groups excluding tert-OH is 1. The molecule has 5 N–H and O–H groups in total. The van der Waals surface area contributed by atoms with Gasteiger partial charge in [0.1, 0.15) is 0 Å². The molecule has 1 aromatic carbocycles. The van der Waals surface area contributed by atoms with Crippen molar-refractivity contribution in [2.75, 3.05) is 13.2 Å². The number of primary amides is 1. The predicted molar refractivity (Wildman–Crippen MR) is 80.7 cm³/mol. The third-order valence-electron chi connectivity index (χ3n) is 3.20. The van der Waals surface area contributed by atoms with Crippen molar-refractivity contribution < 1.29 is 14.7 Å². The monoisotopic (exact) mass is 293 g/mol. The highest BCUT2D eigenvalue weighted by Gasteiger charge is 2.18. The Morgan fingerprint density at radius 1 is 1.19 bits per heavy atom. The lowest BCUT2D eigenvalue weighted by Gasteiger charge is -2.23. The first-order chi connectivity index (χ1) is 9.84. The molecule has 0 fully saturated rings. The normalized spacial score (nSPS) is 11.0. The summed E-state index contributed by atoms with van der Waals surface area (Å²) in [7, 11) is 0. The lowest BCUT2D eigenvalue weighted by Crippen LogP contribution is -2.34. The zero-order chi connectivity index (χ0) is 15.9. The van der Waals surface area contributed by atoms with Crippen LogP contribution in [0, 0.1) is 5.41 Å². The van der Waals surface area contributed by atoms with Gasteiger partial charge in [-0.2, -0.15) is 0 Å². The van der Waals surface area contributed by atoms with Crippen molar-refractivity contribution in [3.8, 4) is 0 Å². The number of carbonyl (C=O) groups is 2. The van der Waals surface area contributed by atoms with Gasteiger partial charge < -0.3 is 21.5 Å². The predicted octanol–water partition coefficient (Wildman–Crippen LogP) is 0.993.